The summed E-state index contributed by atoms with van der Waals surface area (Å²) in [5.74, 6) is -4.28. The normalized spacial score (nSPS) is 32.5. The smallest absolute Gasteiger partial charge is 0.229 e. The third-order valence-electron chi connectivity index (χ3n) is 7.35. The van der Waals surface area contributed by atoms with Gasteiger partial charge in [0, 0.05) is 11.6 Å². The summed E-state index contributed by atoms with van der Waals surface area (Å²) in [5, 5.41) is 112. The van der Waals surface area contributed by atoms with Gasteiger partial charge in [-0.05, 0) is 24.3 Å². The molecule has 0 unspecified atom stereocenters. The third kappa shape index (κ3) is 5.50. The molecule has 0 bridgehead atoms. The van der Waals surface area contributed by atoms with Crippen molar-refractivity contribution < 1.29 is 79.5 Å². The molecule has 10 atom stereocenters. The van der Waals surface area contributed by atoms with Gasteiger partial charge in [-0.1, -0.05) is 0 Å². The standard InChI is InChI=1S/C27H30O17/c28-6-12-15(32)18(35)20(37)26(41-12)43-24-17(34)14-10(31)5-11(8-1-3-9(30)4-2-8)40-23(14)25(22(24)39)44-27-21(38)19(36)16(33)13(7-29)42-27/h1-5,12-13,15-16,18-21,26-30,32-39H,6-7H2/t12-,13-,15+,16-,18-,19-,20-,21-,26+,27+/m1/s1. The molecule has 240 valence electrons. The van der Waals surface area contributed by atoms with Gasteiger partial charge in [-0.25, -0.2) is 0 Å². The van der Waals surface area contributed by atoms with Crippen LogP contribution < -0.4 is 14.9 Å². The van der Waals surface area contributed by atoms with E-state index in [0.717, 1.165) is 6.07 Å². The molecule has 1 aromatic heterocycles. The highest BCUT2D eigenvalue weighted by Crippen LogP contribution is 2.51. The van der Waals surface area contributed by atoms with Crippen molar-refractivity contribution in [3.05, 3.63) is 40.6 Å². The molecule has 2 aromatic carbocycles. The van der Waals surface area contributed by atoms with Crippen LogP contribution in [0.3, 0.4) is 0 Å². The fourth-order valence-corrected chi connectivity index (χ4v) is 4.86. The Balaban J connectivity index is 1.67. The number of aromatic hydroxyl groups is 3. The minimum Gasteiger partial charge on any atom is -0.508 e. The van der Waals surface area contributed by atoms with Crippen LogP contribution >= 0.6 is 0 Å². The van der Waals surface area contributed by atoms with E-state index in [-0.39, 0.29) is 17.1 Å². The zero-order valence-electron chi connectivity index (χ0n) is 22.4. The number of phenols is 3. The molecule has 3 heterocycles. The Kier molecular flexibility index (Phi) is 8.87. The number of ether oxygens (including phenoxy) is 4. The monoisotopic (exact) mass is 626 g/mol. The van der Waals surface area contributed by atoms with Crippen molar-refractivity contribution in [3.8, 4) is 40.1 Å². The lowest BCUT2D eigenvalue weighted by Gasteiger charge is -2.40. The van der Waals surface area contributed by atoms with Crippen LogP contribution in [0.5, 0.6) is 28.7 Å². The van der Waals surface area contributed by atoms with E-state index in [1.54, 1.807) is 0 Å². The average molecular weight is 627 g/mol. The molecule has 44 heavy (non-hydrogen) atoms. The summed E-state index contributed by atoms with van der Waals surface area (Å²) in [6, 6.07) is 6.29. The van der Waals surface area contributed by atoms with Crippen LogP contribution in [0.15, 0.2) is 39.5 Å². The summed E-state index contributed by atoms with van der Waals surface area (Å²) in [6.45, 7) is -1.67. The van der Waals surface area contributed by atoms with Gasteiger partial charge in [0.25, 0.3) is 0 Å². The molecule has 3 aromatic rings. The highest BCUT2D eigenvalue weighted by molar-refractivity contribution is 5.95. The first-order chi connectivity index (χ1) is 20.9. The van der Waals surface area contributed by atoms with Crippen LogP contribution in [0.25, 0.3) is 22.3 Å². The van der Waals surface area contributed by atoms with Gasteiger partial charge in [0.15, 0.2) is 16.8 Å². The Bertz CT molecular complexity index is 1540. The van der Waals surface area contributed by atoms with E-state index < -0.39 is 114 Å². The number of rotatable bonds is 7. The second-order valence-electron chi connectivity index (χ2n) is 10.2. The van der Waals surface area contributed by atoms with E-state index in [0.29, 0.717) is 0 Å². The fraction of sp³-hybridized carbons (Fsp3) is 0.444. The molecule has 2 saturated heterocycles. The predicted molar refractivity (Wildman–Crippen MR) is 142 cm³/mol. The minimum absolute atomic E-state index is 0.103. The van der Waals surface area contributed by atoms with Crippen LogP contribution in [-0.4, -0.2) is 131 Å². The maximum Gasteiger partial charge on any atom is 0.229 e. The zero-order chi connectivity index (χ0) is 32.0. The number of phenolic OH excluding ortho intramolecular Hbond substituents is 3. The molecular weight excluding hydrogens is 596 g/mol. The Morgan fingerprint density at radius 3 is 1.66 bits per heavy atom. The molecule has 2 fully saturated rings. The summed E-state index contributed by atoms with van der Waals surface area (Å²) >= 11 is 0. The molecular formula is C27H30O17. The van der Waals surface area contributed by atoms with Gasteiger partial charge in [-0.15, -0.1) is 0 Å². The maximum atomic E-state index is 13.3. The third-order valence-corrected chi connectivity index (χ3v) is 7.35. The maximum absolute atomic E-state index is 13.3. The predicted octanol–water partition coefficient (Wildman–Crippen LogP) is -3.07. The van der Waals surface area contributed by atoms with E-state index in [1.165, 1.54) is 24.3 Å². The first-order valence-corrected chi connectivity index (χ1v) is 13.2. The molecule has 0 radical (unpaired) electrons. The van der Waals surface area contributed by atoms with Gasteiger partial charge < -0.3 is 79.5 Å². The van der Waals surface area contributed by atoms with E-state index in [9.17, 15) is 61.0 Å². The fourth-order valence-electron chi connectivity index (χ4n) is 4.86. The van der Waals surface area contributed by atoms with Crippen LogP contribution in [0.2, 0.25) is 0 Å². The van der Waals surface area contributed by atoms with E-state index in [2.05, 4.69) is 0 Å². The molecule has 11 N–H and O–H groups in total. The first-order valence-electron chi connectivity index (χ1n) is 13.2. The quantitative estimate of drug-likeness (QED) is 0.124. The number of hydrogen-bond acceptors (Lipinski definition) is 17. The van der Waals surface area contributed by atoms with Gasteiger partial charge in [0.05, 0.1) is 13.2 Å². The lowest BCUT2D eigenvalue weighted by atomic mass is 9.99. The van der Waals surface area contributed by atoms with Gasteiger partial charge in [-0.2, -0.15) is 0 Å². The first kappa shape index (κ1) is 31.7. The van der Waals surface area contributed by atoms with Crippen molar-refractivity contribution in [1.29, 1.82) is 0 Å². The van der Waals surface area contributed by atoms with Crippen molar-refractivity contribution in [2.75, 3.05) is 13.2 Å². The van der Waals surface area contributed by atoms with Gasteiger partial charge in [0.2, 0.25) is 29.8 Å². The highest BCUT2D eigenvalue weighted by Gasteiger charge is 2.47. The highest BCUT2D eigenvalue weighted by atomic mass is 16.7. The van der Waals surface area contributed by atoms with Crippen molar-refractivity contribution in [1.82, 2.24) is 0 Å². The number of fused-ring (bicyclic) bond motifs is 1. The molecule has 0 saturated carbocycles. The van der Waals surface area contributed by atoms with Gasteiger partial charge >= 0.3 is 0 Å². The van der Waals surface area contributed by atoms with Crippen molar-refractivity contribution in [3.63, 3.8) is 0 Å². The molecule has 5 rings (SSSR count). The van der Waals surface area contributed by atoms with Crippen molar-refractivity contribution in [2.45, 2.75) is 61.4 Å². The number of aliphatic hydroxyl groups is 8. The topological polar surface area (TPSA) is 290 Å². The zero-order valence-corrected chi connectivity index (χ0v) is 22.4. The van der Waals surface area contributed by atoms with Gasteiger partial charge in [-0.3, -0.25) is 4.79 Å². The molecule has 2 aliphatic heterocycles. The van der Waals surface area contributed by atoms with Crippen LogP contribution in [-0.2, 0) is 9.47 Å². The molecule has 17 nitrogen and oxygen atoms in total. The molecule has 2 aliphatic rings. The van der Waals surface area contributed by atoms with Gasteiger partial charge in [0.1, 0.15) is 65.7 Å². The molecule has 0 aliphatic carbocycles. The second kappa shape index (κ2) is 12.3. The van der Waals surface area contributed by atoms with Crippen molar-refractivity contribution >= 4 is 11.0 Å². The summed E-state index contributed by atoms with van der Waals surface area (Å²) in [5.41, 5.74) is -1.33. The largest absolute Gasteiger partial charge is 0.508 e. The van der Waals surface area contributed by atoms with Crippen LogP contribution in [0.4, 0.5) is 0 Å². The van der Waals surface area contributed by atoms with Crippen LogP contribution in [0, 0.1) is 0 Å². The molecule has 17 heteroatoms. The SMILES string of the molecule is O=c1cc(-c2ccc(O)cc2)oc2c(O[C@@H]3O[C@H](CO)[C@@H](O)[C@@H](O)[C@H]3O)c(O)c(O[C@@H]3O[C@H](CO)[C@H](O)[C@@H](O)[C@H]3O)c(O)c12. The van der Waals surface area contributed by atoms with Crippen molar-refractivity contribution in [2.24, 2.45) is 0 Å². The van der Waals surface area contributed by atoms with Crippen LogP contribution in [0.1, 0.15) is 0 Å². The Hall–Kier alpha value is -3.75. The minimum atomic E-state index is -2.01. The average Bonchev–Trinajstić information content (AvgIpc) is 3.01. The summed E-state index contributed by atoms with van der Waals surface area (Å²) in [6.07, 6.45) is -18.2. The number of benzene rings is 2. The summed E-state index contributed by atoms with van der Waals surface area (Å²) in [7, 11) is 0. The molecule has 0 spiro atoms. The Morgan fingerprint density at radius 2 is 1.16 bits per heavy atom. The van der Waals surface area contributed by atoms with E-state index in [1.807, 2.05) is 0 Å². The number of hydrogen-bond donors (Lipinski definition) is 11. The second-order valence-corrected chi connectivity index (χ2v) is 10.2. The summed E-state index contributed by atoms with van der Waals surface area (Å²) < 4.78 is 27.5. The lowest BCUT2D eigenvalue weighted by Crippen LogP contribution is -2.60. The number of aliphatic hydroxyl groups excluding tert-OH is 8. The summed E-state index contributed by atoms with van der Waals surface area (Å²) in [4.78, 5) is 13.3. The van der Waals surface area contributed by atoms with E-state index >= 15 is 0 Å². The molecule has 0 amide bonds. The lowest BCUT2D eigenvalue weighted by molar-refractivity contribution is -0.279. The Morgan fingerprint density at radius 1 is 0.659 bits per heavy atom. The Labute approximate surface area is 246 Å². The van der Waals surface area contributed by atoms with E-state index in [4.69, 9.17) is 23.4 Å².